The molecule has 5 N–H and O–H groups in total. The van der Waals surface area contributed by atoms with E-state index in [1.807, 2.05) is 189 Å². The van der Waals surface area contributed by atoms with Gasteiger partial charge < -0.3 is 49.5 Å². The van der Waals surface area contributed by atoms with Gasteiger partial charge in [0, 0.05) is 68.3 Å². The number of nitro benzene ring substituents is 2. The summed E-state index contributed by atoms with van der Waals surface area (Å²) in [5.74, 6) is -1.58. The van der Waals surface area contributed by atoms with Crippen molar-refractivity contribution in [2.24, 2.45) is 0 Å². The van der Waals surface area contributed by atoms with Crippen LogP contribution in [0.25, 0.3) is 5.57 Å². The summed E-state index contributed by atoms with van der Waals surface area (Å²) in [5, 5.41) is 39.5. The van der Waals surface area contributed by atoms with Gasteiger partial charge in [-0.3, -0.25) is 20.2 Å². The standard InChI is InChI=1S/C15H17NO2.2C9H9NO4.C9H9NO2.2C8H10O.8C2H6.CH5BO2.CHI3.CH2I2.CH3I.4CH4.3HI.V/c1-9-8-15(2,3)16-11-5-4-10-6-7-18-14(17)13(10)12(9)11;2*1-6-3-4-7(10(12)13)5-8(6)9(11)14-2;10-7-2-1-6-3-4-12-9(11)8(6)5-7;2*1-9-7-8-5-3-2-4-6-8;8*1-2;1-2(3)4;2-1(3)4;2-1-3;1-2;;;;;;;;/h4-5,8,16H,6-7H2,1-3H3;2*3-5H,1-2H3;1-2,5H,3-4,10H2;2*2-6H,7H2,1H3;8*1-2H3;3-4H,1H3;1H;1H2;1H3;4*1H4;3*1H;/q;;;;;;;;;;;;;;;;;;;;;;;;;+3/p-3. The molecule has 113 heavy (non-hydrogen) atoms. The number of hydrogen-bond acceptors (Lipinski definition) is 18. The molecular weight excluding hydrogens is 2500 g/mol. The van der Waals surface area contributed by atoms with E-state index in [1.165, 1.54) is 71.0 Å². The molecule has 3 aliphatic rings. The Balaban J connectivity index is -0.0000000806. The molecular formula is C82H139BI9N4O16V. The number of alkyl halides is 6. The molecule has 3 aliphatic heterocycles. The van der Waals surface area contributed by atoms with E-state index in [0.29, 0.717) is 48.8 Å². The molecule has 0 amide bonds. The first kappa shape index (κ1) is 143. The number of nitro groups is 2. The Morgan fingerprint density at radius 2 is 0.876 bits per heavy atom. The number of allylic oxidation sites excluding steroid dienone is 1. The zero-order chi connectivity index (χ0) is 87.4. The van der Waals surface area contributed by atoms with Crippen LogP contribution < -0.4 is 11.1 Å². The molecule has 0 aromatic heterocycles. The van der Waals surface area contributed by atoms with Crippen LogP contribution in [0.1, 0.15) is 242 Å². The third-order valence-electron chi connectivity index (χ3n) is 11.5. The van der Waals surface area contributed by atoms with Crippen molar-refractivity contribution < 1.29 is 72.4 Å². The Bertz CT molecular complexity index is 3120. The normalized spacial score (nSPS) is 10.2. The Kier molecular flexibility index (Phi) is 126. The van der Waals surface area contributed by atoms with Crippen LogP contribution in [0.15, 0.2) is 133 Å². The average molecular weight is 2640 g/mol. The summed E-state index contributed by atoms with van der Waals surface area (Å²) in [6.07, 6.45) is 3.77. The molecule has 0 aliphatic carbocycles. The number of nitrogens with two attached hydrogens (primary N) is 1. The third-order valence-corrected chi connectivity index (χ3v) is 11.5. The van der Waals surface area contributed by atoms with Gasteiger partial charge in [-0.1, -0.05) is 367 Å². The SMILES string of the molecule is C.C.C.C.CB(O)O.CC.CC.CC.CC.CC.CC.CC.CC.CC1=CC(C)(C)Nc2ccc3c(c21)C(=O)OCC3.CI.COC(=O)c1cc([N+](=O)[O-])ccc1C.COC(=O)c1cc([N+](=O)[O-])ccc1C.COCc1ccccc1.COCc1ccccc1.IC(I)I.ICI.Nc1ccc2c(c1)C(=O)OCC2.[I][V]([I])[I]. The summed E-state index contributed by atoms with van der Waals surface area (Å²) in [4.78, 5) is 66.9. The van der Waals surface area contributed by atoms with E-state index in [4.69, 9.17) is 34.7 Å². The maximum absolute atomic E-state index is 12.0. The molecule has 31 heteroatoms. The number of non-ortho nitro benzene ring substituents is 2. The number of methoxy groups -OCH3 is 4. The molecule has 20 nitrogen and oxygen atoms in total. The molecule has 0 radical (unpaired) electrons. The van der Waals surface area contributed by atoms with E-state index in [2.05, 4.69) is 243 Å². The number of aryl methyl sites for hydroxylation is 2. The summed E-state index contributed by atoms with van der Waals surface area (Å²) in [6, 6.07) is 37.8. The van der Waals surface area contributed by atoms with E-state index in [0.717, 1.165) is 46.3 Å². The number of nitrogens with zero attached hydrogens (tertiary/aromatic N) is 2. The van der Waals surface area contributed by atoms with Crippen LogP contribution in [0.4, 0.5) is 22.7 Å². The Morgan fingerprint density at radius 3 is 1.19 bits per heavy atom. The van der Waals surface area contributed by atoms with Crippen molar-refractivity contribution in [3.05, 3.63) is 215 Å². The Hall–Kier alpha value is -1.60. The van der Waals surface area contributed by atoms with Gasteiger partial charge in [0.15, 0.2) is 0 Å². The summed E-state index contributed by atoms with van der Waals surface area (Å²) in [5.41, 5.74) is 16.7. The number of cyclic esters (lactones) is 2. The van der Waals surface area contributed by atoms with Gasteiger partial charge in [-0.15, -0.1) is 0 Å². The molecule has 9 rings (SSSR count). The van der Waals surface area contributed by atoms with Gasteiger partial charge in [0.25, 0.3) is 11.4 Å². The van der Waals surface area contributed by atoms with E-state index in [1.54, 1.807) is 40.2 Å². The summed E-state index contributed by atoms with van der Waals surface area (Å²) < 4.78 is 30.8. The second-order valence-corrected chi connectivity index (χ2v) is 69.6. The van der Waals surface area contributed by atoms with Crippen molar-refractivity contribution in [1.29, 1.82) is 0 Å². The quantitative estimate of drug-likeness (QED) is 0.0161. The van der Waals surface area contributed by atoms with Crippen LogP contribution in [-0.4, -0.2) is 105 Å². The van der Waals surface area contributed by atoms with Crippen LogP contribution >= 0.6 is 195 Å². The number of nitrogens with one attached hydrogen (secondary N) is 1. The molecule has 3 heterocycles. The topological polar surface area (TPSA) is 288 Å². The predicted octanol–water partition coefficient (Wildman–Crippen LogP) is 29.0. The van der Waals surface area contributed by atoms with Crippen molar-refractivity contribution in [1.82, 2.24) is 0 Å². The second kappa shape index (κ2) is 99.2. The number of rotatable bonds is 8. The van der Waals surface area contributed by atoms with E-state index in [-0.39, 0.29) is 74.6 Å². The molecule has 0 bridgehead atoms. The van der Waals surface area contributed by atoms with Crippen LogP contribution in [0.3, 0.4) is 0 Å². The molecule has 654 valence electrons. The number of ether oxygens (including phenoxy) is 6. The first-order valence-electron chi connectivity index (χ1n) is 35.0. The van der Waals surface area contributed by atoms with Gasteiger partial charge in [0.1, 0.15) is -0.0619 Å². The molecule has 0 saturated carbocycles. The molecule has 6 aromatic carbocycles. The predicted molar refractivity (Wildman–Crippen MR) is 564 cm³/mol. The monoisotopic (exact) mass is 2640 g/mol. The fraction of sp³-hybridized carbons (Fsp3) is 0.488. The van der Waals surface area contributed by atoms with Gasteiger partial charge in [-0.25, -0.2) is 19.2 Å². The summed E-state index contributed by atoms with van der Waals surface area (Å²) >= 11 is 21.0. The zero-order valence-electron chi connectivity index (χ0n) is 68.7. The van der Waals surface area contributed by atoms with E-state index < -0.39 is 28.9 Å². The van der Waals surface area contributed by atoms with Crippen LogP contribution in [-0.2, 0) is 59.4 Å². The number of carbonyl (C=O) groups excluding carboxylic acids is 4. The van der Waals surface area contributed by atoms with E-state index >= 15 is 0 Å². The minimum atomic E-state index is -1.17. The summed E-state index contributed by atoms with van der Waals surface area (Å²) in [7, 11) is 4.71. The average Bonchev–Trinajstić information content (AvgIpc) is 0.758. The Labute approximate surface area is 804 Å². The van der Waals surface area contributed by atoms with Gasteiger partial charge in [-0.2, -0.15) is 0 Å². The number of halogens is 9. The van der Waals surface area contributed by atoms with Crippen LogP contribution in [0.5, 0.6) is 0 Å². The first-order chi connectivity index (χ1) is 51.8. The van der Waals surface area contributed by atoms with Crippen LogP contribution in [0, 0.1) is 34.1 Å². The number of fused-ring (bicyclic) bond motifs is 4. The Morgan fingerprint density at radius 1 is 0.566 bits per heavy atom. The number of anilines is 2. The van der Waals surface area contributed by atoms with Crippen molar-refractivity contribution in [2.75, 3.05) is 60.1 Å². The molecule has 0 unspecified atom stereocenters. The number of benzene rings is 6. The van der Waals surface area contributed by atoms with Gasteiger partial charge in [0.2, 0.25) is 0 Å². The molecule has 6 aromatic rings. The van der Waals surface area contributed by atoms with Crippen LogP contribution in [0.2, 0.25) is 6.82 Å². The first-order valence-corrected chi connectivity index (χ1v) is 57.5. The fourth-order valence-electron chi connectivity index (χ4n) is 7.85. The maximum atomic E-state index is 12.0. The molecule has 0 atom stereocenters. The van der Waals surface area contributed by atoms with Gasteiger partial charge in [-0.05, 0) is 104 Å². The molecule has 0 spiro atoms. The van der Waals surface area contributed by atoms with Crippen molar-refractivity contribution in [3.63, 3.8) is 0 Å². The summed E-state index contributed by atoms with van der Waals surface area (Å²) in [6.45, 7) is 45.4. The molecule has 0 saturated heterocycles. The van der Waals surface area contributed by atoms with Gasteiger partial charge >= 0.3 is 95.9 Å². The fourth-order valence-corrected chi connectivity index (χ4v) is 7.85. The number of esters is 4. The van der Waals surface area contributed by atoms with E-state index in [9.17, 15) is 39.4 Å². The number of hydrogen-bond donors (Lipinski definition) is 4. The molecule has 0 fully saturated rings. The van der Waals surface area contributed by atoms with Crippen molar-refractivity contribution >= 4 is 255 Å². The minimum absolute atomic E-state index is 0. The third kappa shape index (κ3) is 76.3. The van der Waals surface area contributed by atoms with Crippen molar-refractivity contribution in [3.8, 4) is 0 Å². The second-order valence-electron chi connectivity index (χ2n) is 18.9. The number of carbonyl (C=O) groups is 4. The zero-order valence-corrected chi connectivity index (χ0v) is 89.6. The number of nitrogen functional groups attached to an aromatic ring is 1. The van der Waals surface area contributed by atoms with Crippen molar-refractivity contribution in [2.45, 2.75) is 213 Å². The van der Waals surface area contributed by atoms with Gasteiger partial charge in [0.05, 0.1) is 80.7 Å².